The molecule has 24 heavy (non-hydrogen) atoms. The first kappa shape index (κ1) is 16.9. The summed E-state index contributed by atoms with van der Waals surface area (Å²) in [5.41, 5.74) is 1.06. The molecular formula is C18H23N3O2S. The highest BCUT2D eigenvalue weighted by molar-refractivity contribution is 7.15. The van der Waals surface area contributed by atoms with Crippen molar-refractivity contribution in [1.82, 2.24) is 15.2 Å². The van der Waals surface area contributed by atoms with Crippen LogP contribution in [0.2, 0.25) is 0 Å². The van der Waals surface area contributed by atoms with Crippen molar-refractivity contribution in [3.63, 3.8) is 0 Å². The molecule has 5 nitrogen and oxygen atoms in total. The maximum Gasteiger partial charge on any atom is 0.237 e. The van der Waals surface area contributed by atoms with Gasteiger partial charge in [-0.05, 0) is 31.5 Å². The summed E-state index contributed by atoms with van der Waals surface area (Å²) in [6.45, 7) is 1.74. The number of aromatic nitrogens is 1. The molecule has 0 spiro atoms. The highest BCUT2D eigenvalue weighted by atomic mass is 32.1. The number of hydrogen-bond acceptors (Lipinski definition) is 5. The molecule has 0 radical (unpaired) electrons. The van der Waals surface area contributed by atoms with Crippen LogP contribution in [-0.4, -0.2) is 42.5 Å². The van der Waals surface area contributed by atoms with Gasteiger partial charge in [0.1, 0.15) is 10.8 Å². The Balaban J connectivity index is 1.74. The molecule has 128 valence electrons. The van der Waals surface area contributed by atoms with Crippen molar-refractivity contribution in [2.45, 2.75) is 31.8 Å². The summed E-state index contributed by atoms with van der Waals surface area (Å²) in [6, 6.07) is 7.92. The molecule has 1 atom stereocenters. The van der Waals surface area contributed by atoms with Gasteiger partial charge in [-0.15, -0.1) is 11.3 Å². The molecule has 1 aliphatic rings. The fourth-order valence-electron chi connectivity index (χ4n) is 3.11. The number of ether oxygens (including phenoxy) is 1. The monoisotopic (exact) mass is 345 g/mol. The van der Waals surface area contributed by atoms with E-state index in [1.165, 1.54) is 4.88 Å². The smallest absolute Gasteiger partial charge is 0.237 e. The predicted molar refractivity (Wildman–Crippen MR) is 96.2 cm³/mol. The molecule has 1 amide bonds. The Morgan fingerprint density at radius 3 is 3.12 bits per heavy atom. The second-order valence-electron chi connectivity index (χ2n) is 5.96. The number of methoxy groups -OCH3 is 1. The predicted octanol–water partition coefficient (Wildman–Crippen LogP) is 2.92. The molecule has 2 aromatic rings. The van der Waals surface area contributed by atoms with E-state index < -0.39 is 0 Å². The van der Waals surface area contributed by atoms with Gasteiger partial charge in [-0.2, -0.15) is 0 Å². The first-order chi connectivity index (χ1) is 11.7. The normalized spacial score (nSPS) is 18.3. The van der Waals surface area contributed by atoms with Crippen molar-refractivity contribution in [2.75, 3.05) is 20.7 Å². The Hall–Kier alpha value is -1.92. The number of likely N-dealkylation sites (N-methyl/N-ethyl adjacent to an activating group) is 1. The zero-order chi connectivity index (χ0) is 16.9. The van der Waals surface area contributed by atoms with Crippen LogP contribution in [0.25, 0.3) is 10.6 Å². The van der Waals surface area contributed by atoms with Crippen molar-refractivity contribution < 1.29 is 9.53 Å². The van der Waals surface area contributed by atoms with Crippen molar-refractivity contribution in [2.24, 2.45) is 0 Å². The minimum atomic E-state index is -0.0221. The van der Waals surface area contributed by atoms with Crippen LogP contribution in [0.5, 0.6) is 5.75 Å². The maximum atomic E-state index is 12.1. The lowest BCUT2D eigenvalue weighted by Gasteiger charge is -2.33. The van der Waals surface area contributed by atoms with Crippen molar-refractivity contribution in [3.05, 3.63) is 35.3 Å². The van der Waals surface area contributed by atoms with Gasteiger partial charge in [0, 0.05) is 30.2 Å². The number of carbonyl (C=O) groups is 1. The van der Waals surface area contributed by atoms with Crippen molar-refractivity contribution >= 4 is 17.2 Å². The van der Waals surface area contributed by atoms with E-state index in [2.05, 4.69) is 15.2 Å². The van der Waals surface area contributed by atoms with Crippen molar-refractivity contribution in [3.8, 4) is 16.3 Å². The summed E-state index contributed by atoms with van der Waals surface area (Å²) in [6.07, 6.45) is 5.12. The van der Waals surface area contributed by atoms with Gasteiger partial charge in [0.15, 0.2) is 0 Å². The Morgan fingerprint density at radius 1 is 1.46 bits per heavy atom. The molecule has 1 saturated heterocycles. The van der Waals surface area contributed by atoms with E-state index in [0.717, 1.165) is 48.7 Å². The fraction of sp³-hybridized carbons (Fsp3) is 0.444. The van der Waals surface area contributed by atoms with E-state index in [4.69, 9.17) is 4.74 Å². The Bertz CT molecular complexity index is 701. The van der Waals surface area contributed by atoms with Gasteiger partial charge in [0.2, 0.25) is 5.91 Å². The number of rotatable bonds is 5. The van der Waals surface area contributed by atoms with E-state index in [1.807, 2.05) is 30.5 Å². The van der Waals surface area contributed by atoms with Gasteiger partial charge in [0.25, 0.3) is 0 Å². The summed E-state index contributed by atoms with van der Waals surface area (Å²) >= 11 is 1.68. The SMILES string of the molecule is CNC(=O)[C@@H]1CCCCN1Cc1cnc(-c2cccc(OC)c2)s1. The molecule has 1 aromatic heterocycles. The summed E-state index contributed by atoms with van der Waals surface area (Å²) in [4.78, 5) is 20.1. The van der Waals surface area contributed by atoms with Gasteiger partial charge in [-0.25, -0.2) is 4.98 Å². The van der Waals surface area contributed by atoms with Gasteiger partial charge in [-0.1, -0.05) is 18.6 Å². The van der Waals surface area contributed by atoms with E-state index in [-0.39, 0.29) is 11.9 Å². The molecule has 0 unspecified atom stereocenters. The second kappa shape index (κ2) is 7.77. The average Bonchev–Trinajstić information content (AvgIpc) is 3.10. The van der Waals surface area contributed by atoms with E-state index in [1.54, 1.807) is 25.5 Å². The Labute approximate surface area is 146 Å². The lowest BCUT2D eigenvalue weighted by atomic mass is 10.0. The van der Waals surface area contributed by atoms with Gasteiger partial charge < -0.3 is 10.1 Å². The van der Waals surface area contributed by atoms with Gasteiger partial charge in [-0.3, -0.25) is 9.69 Å². The summed E-state index contributed by atoms with van der Waals surface area (Å²) in [5.74, 6) is 0.951. The number of benzene rings is 1. The zero-order valence-corrected chi connectivity index (χ0v) is 14.9. The lowest BCUT2D eigenvalue weighted by molar-refractivity contribution is -0.127. The van der Waals surface area contributed by atoms with Crippen LogP contribution in [0.3, 0.4) is 0 Å². The van der Waals surface area contributed by atoms with Crippen LogP contribution < -0.4 is 10.1 Å². The van der Waals surface area contributed by atoms with Crippen LogP contribution in [0.4, 0.5) is 0 Å². The summed E-state index contributed by atoms with van der Waals surface area (Å²) < 4.78 is 5.28. The van der Waals surface area contributed by atoms with Crippen LogP contribution >= 0.6 is 11.3 Å². The third-order valence-electron chi connectivity index (χ3n) is 4.39. The largest absolute Gasteiger partial charge is 0.497 e. The number of nitrogens with zero attached hydrogens (tertiary/aromatic N) is 2. The molecule has 0 saturated carbocycles. The Kier molecular flexibility index (Phi) is 5.48. The van der Waals surface area contributed by atoms with Crippen LogP contribution in [0, 0.1) is 0 Å². The molecule has 3 rings (SSSR count). The highest BCUT2D eigenvalue weighted by Crippen LogP contribution is 2.29. The van der Waals surface area contributed by atoms with Gasteiger partial charge >= 0.3 is 0 Å². The molecule has 6 heteroatoms. The minimum absolute atomic E-state index is 0.0221. The third-order valence-corrected chi connectivity index (χ3v) is 5.42. The first-order valence-electron chi connectivity index (χ1n) is 8.26. The van der Waals surface area contributed by atoms with E-state index in [9.17, 15) is 4.79 Å². The molecule has 1 fully saturated rings. The molecule has 1 N–H and O–H groups in total. The third kappa shape index (κ3) is 3.76. The van der Waals surface area contributed by atoms with Crippen LogP contribution in [0.15, 0.2) is 30.5 Å². The maximum absolute atomic E-state index is 12.1. The topological polar surface area (TPSA) is 54.5 Å². The van der Waals surface area contributed by atoms with Crippen LogP contribution in [-0.2, 0) is 11.3 Å². The van der Waals surface area contributed by atoms with Crippen molar-refractivity contribution in [1.29, 1.82) is 0 Å². The average molecular weight is 345 g/mol. The number of carbonyl (C=O) groups excluding carboxylic acids is 1. The number of hydrogen-bond donors (Lipinski definition) is 1. The first-order valence-corrected chi connectivity index (χ1v) is 9.07. The molecule has 2 heterocycles. The van der Waals surface area contributed by atoms with E-state index >= 15 is 0 Å². The number of thiazole rings is 1. The molecular weight excluding hydrogens is 322 g/mol. The minimum Gasteiger partial charge on any atom is -0.497 e. The van der Waals surface area contributed by atoms with Gasteiger partial charge in [0.05, 0.1) is 13.2 Å². The fourth-order valence-corrected chi connectivity index (χ4v) is 4.05. The highest BCUT2D eigenvalue weighted by Gasteiger charge is 2.28. The number of likely N-dealkylation sites (tertiary alicyclic amines) is 1. The standard InChI is InChI=1S/C18H23N3O2S/c1-19-17(22)16-8-3-4-9-21(16)12-15-11-20-18(24-15)13-6-5-7-14(10-13)23-2/h5-7,10-11,16H,3-4,8-9,12H2,1-2H3,(H,19,22)/t16-/m0/s1. The number of piperidine rings is 1. The summed E-state index contributed by atoms with van der Waals surface area (Å²) in [5, 5.41) is 3.77. The molecule has 0 bridgehead atoms. The number of amides is 1. The summed E-state index contributed by atoms with van der Waals surface area (Å²) in [7, 11) is 3.38. The lowest BCUT2D eigenvalue weighted by Crippen LogP contribution is -2.48. The second-order valence-corrected chi connectivity index (χ2v) is 7.08. The molecule has 1 aromatic carbocycles. The zero-order valence-electron chi connectivity index (χ0n) is 14.1. The molecule has 1 aliphatic heterocycles. The van der Waals surface area contributed by atoms with Crippen LogP contribution in [0.1, 0.15) is 24.1 Å². The van der Waals surface area contributed by atoms with E-state index in [0.29, 0.717) is 0 Å². The number of nitrogens with one attached hydrogen (secondary N) is 1. The molecule has 0 aliphatic carbocycles. The Morgan fingerprint density at radius 2 is 2.33 bits per heavy atom. The quantitative estimate of drug-likeness (QED) is 0.905.